The molecule has 1 saturated carbocycles. The Morgan fingerprint density at radius 3 is 2.43 bits per heavy atom. The lowest BCUT2D eigenvalue weighted by molar-refractivity contribution is 0.106. The summed E-state index contributed by atoms with van der Waals surface area (Å²) in [5.74, 6) is 1.04. The van der Waals surface area contributed by atoms with Crippen LogP contribution in [0, 0.1) is 0 Å². The van der Waals surface area contributed by atoms with Crippen molar-refractivity contribution in [2.45, 2.75) is 50.3 Å². The molecule has 8 heteroatoms. The first-order chi connectivity index (χ1) is 17.9. The van der Waals surface area contributed by atoms with Gasteiger partial charge in [-0.25, -0.2) is 9.78 Å². The Kier molecular flexibility index (Phi) is 6.24. The lowest BCUT2D eigenvalue weighted by Crippen LogP contribution is -2.42. The number of hydrogen-bond acceptors (Lipinski definition) is 6. The second-order valence-electron chi connectivity index (χ2n) is 10.8. The standard InChI is InChI=1S/C29H36N6O2/c1-32(2)21-11-13-34(14-12-21)27-10-6-20(17-31-27)19-5-9-25-24(15-19)28-26(18-30-25)33(3)29(36)35(28)22-7-8-23(16-22)37-4/h5-6,9-10,15,17-18,21-23H,7-8,11-14,16H2,1-4H3/t22-,23-/m0/s1. The average molecular weight is 501 g/mol. The number of hydrogen-bond donors (Lipinski definition) is 0. The van der Waals surface area contributed by atoms with E-state index in [1.165, 1.54) is 0 Å². The summed E-state index contributed by atoms with van der Waals surface area (Å²) in [6.07, 6.45) is 9.10. The largest absolute Gasteiger partial charge is 0.381 e. The van der Waals surface area contributed by atoms with Crippen molar-refractivity contribution in [1.82, 2.24) is 24.0 Å². The van der Waals surface area contributed by atoms with E-state index >= 15 is 0 Å². The molecule has 3 aromatic heterocycles. The Morgan fingerprint density at radius 2 is 1.76 bits per heavy atom. The number of fused-ring (bicyclic) bond motifs is 3. The molecule has 1 aliphatic carbocycles. The van der Waals surface area contributed by atoms with Crippen molar-refractivity contribution in [3.8, 4) is 11.1 Å². The second-order valence-corrected chi connectivity index (χ2v) is 10.8. The number of ether oxygens (including phenoxy) is 1. The minimum absolute atomic E-state index is 0.0144. The van der Waals surface area contributed by atoms with E-state index in [1.807, 2.05) is 24.0 Å². The van der Waals surface area contributed by atoms with Gasteiger partial charge in [0.05, 0.1) is 28.9 Å². The number of piperidine rings is 1. The smallest absolute Gasteiger partial charge is 0.329 e. The van der Waals surface area contributed by atoms with E-state index < -0.39 is 0 Å². The third-order valence-corrected chi connectivity index (χ3v) is 8.57. The number of aromatic nitrogens is 4. The maximum atomic E-state index is 13.4. The van der Waals surface area contributed by atoms with Crippen LogP contribution in [0.5, 0.6) is 0 Å². The molecular formula is C29H36N6O2. The topological polar surface area (TPSA) is 68.4 Å². The molecule has 0 radical (unpaired) electrons. The van der Waals surface area contributed by atoms with Gasteiger partial charge in [-0.3, -0.25) is 14.1 Å². The summed E-state index contributed by atoms with van der Waals surface area (Å²) in [5, 5.41) is 1.00. The van der Waals surface area contributed by atoms with E-state index in [0.717, 1.165) is 84.1 Å². The van der Waals surface area contributed by atoms with Crippen molar-refractivity contribution < 1.29 is 4.74 Å². The van der Waals surface area contributed by atoms with E-state index in [2.05, 4.69) is 59.2 Å². The number of imidazole rings is 1. The molecule has 6 rings (SSSR count). The third kappa shape index (κ3) is 4.22. The lowest BCUT2D eigenvalue weighted by atomic mass is 10.0. The molecule has 1 aromatic carbocycles. The van der Waals surface area contributed by atoms with Gasteiger partial charge in [-0.1, -0.05) is 6.07 Å². The Hall–Kier alpha value is -3.23. The fourth-order valence-corrected chi connectivity index (χ4v) is 6.27. The maximum absolute atomic E-state index is 13.4. The van der Waals surface area contributed by atoms with Crippen LogP contribution in [0.25, 0.3) is 33.1 Å². The summed E-state index contributed by atoms with van der Waals surface area (Å²) >= 11 is 0. The predicted octanol–water partition coefficient (Wildman–Crippen LogP) is 4.22. The number of methoxy groups -OCH3 is 1. The number of nitrogens with zero attached hydrogens (tertiary/aromatic N) is 6. The first-order valence-corrected chi connectivity index (χ1v) is 13.3. The van der Waals surface area contributed by atoms with Crippen LogP contribution in [-0.4, -0.2) is 70.4 Å². The summed E-state index contributed by atoms with van der Waals surface area (Å²) < 4.78 is 9.32. The van der Waals surface area contributed by atoms with Crippen molar-refractivity contribution >= 4 is 27.8 Å². The Balaban J connectivity index is 1.36. The van der Waals surface area contributed by atoms with E-state index in [0.29, 0.717) is 6.04 Å². The fraction of sp³-hybridized carbons (Fsp3) is 0.483. The summed E-state index contributed by atoms with van der Waals surface area (Å²) in [5.41, 5.74) is 4.89. The van der Waals surface area contributed by atoms with Crippen molar-refractivity contribution in [2.75, 3.05) is 39.2 Å². The van der Waals surface area contributed by atoms with Gasteiger partial charge in [0, 0.05) is 56.5 Å². The highest BCUT2D eigenvalue weighted by atomic mass is 16.5. The van der Waals surface area contributed by atoms with Gasteiger partial charge in [0.2, 0.25) is 0 Å². The van der Waals surface area contributed by atoms with Gasteiger partial charge in [-0.05, 0) is 76.0 Å². The maximum Gasteiger partial charge on any atom is 0.329 e. The van der Waals surface area contributed by atoms with Gasteiger partial charge >= 0.3 is 5.69 Å². The van der Waals surface area contributed by atoms with Crippen LogP contribution >= 0.6 is 0 Å². The molecule has 0 amide bonds. The molecule has 194 valence electrons. The minimum atomic E-state index is 0.0144. The third-order valence-electron chi connectivity index (χ3n) is 8.57. The fourth-order valence-electron chi connectivity index (χ4n) is 6.27. The molecule has 4 aromatic rings. The van der Waals surface area contributed by atoms with Crippen LogP contribution in [0.3, 0.4) is 0 Å². The van der Waals surface area contributed by atoms with E-state index in [1.54, 1.807) is 11.7 Å². The number of anilines is 1. The molecule has 0 spiro atoms. The van der Waals surface area contributed by atoms with Crippen LogP contribution in [-0.2, 0) is 11.8 Å². The average Bonchev–Trinajstić information content (AvgIpc) is 3.51. The van der Waals surface area contributed by atoms with Crippen molar-refractivity contribution in [2.24, 2.45) is 7.05 Å². The molecule has 2 aliphatic rings. The first kappa shape index (κ1) is 24.1. The normalized spacial score (nSPS) is 21.1. The van der Waals surface area contributed by atoms with Gasteiger partial charge in [0.25, 0.3) is 0 Å². The zero-order valence-corrected chi connectivity index (χ0v) is 22.2. The summed E-state index contributed by atoms with van der Waals surface area (Å²) in [7, 11) is 7.93. The van der Waals surface area contributed by atoms with Gasteiger partial charge in [-0.15, -0.1) is 0 Å². The van der Waals surface area contributed by atoms with Crippen LogP contribution in [0.1, 0.15) is 38.1 Å². The quantitative estimate of drug-likeness (QED) is 0.409. The van der Waals surface area contributed by atoms with Crippen LogP contribution in [0.2, 0.25) is 0 Å². The van der Waals surface area contributed by atoms with Gasteiger partial charge in [0.1, 0.15) is 5.82 Å². The SMILES string of the molecule is CO[C@H]1CC[C@H](n2c(=O)n(C)c3cnc4ccc(-c5ccc(N6CCC(N(C)C)CC6)nc5)cc4c32)C1. The molecule has 2 fully saturated rings. The van der Waals surface area contributed by atoms with Gasteiger partial charge in [0.15, 0.2) is 0 Å². The minimum Gasteiger partial charge on any atom is -0.381 e. The molecular weight excluding hydrogens is 464 g/mol. The van der Waals surface area contributed by atoms with Crippen LogP contribution in [0.4, 0.5) is 5.82 Å². The molecule has 0 bridgehead atoms. The van der Waals surface area contributed by atoms with E-state index in [4.69, 9.17) is 9.72 Å². The van der Waals surface area contributed by atoms with Crippen LogP contribution in [0.15, 0.2) is 47.5 Å². The monoisotopic (exact) mass is 500 g/mol. The number of pyridine rings is 2. The summed E-state index contributed by atoms with van der Waals surface area (Å²) in [6.45, 7) is 2.07. The summed E-state index contributed by atoms with van der Waals surface area (Å²) in [6, 6.07) is 11.4. The zero-order valence-electron chi connectivity index (χ0n) is 22.2. The highest BCUT2D eigenvalue weighted by Crippen LogP contribution is 2.36. The molecule has 2 atom stereocenters. The zero-order chi connectivity index (χ0) is 25.7. The number of benzene rings is 1. The second kappa shape index (κ2) is 9.58. The number of aryl methyl sites for hydroxylation is 1. The Bertz CT molecular complexity index is 1480. The first-order valence-electron chi connectivity index (χ1n) is 13.3. The Labute approximate surface area is 217 Å². The highest BCUT2D eigenvalue weighted by molar-refractivity contribution is 6.04. The van der Waals surface area contributed by atoms with Crippen molar-refractivity contribution in [1.29, 1.82) is 0 Å². The van der Waals surface area contributed by atoms with Gasteiger partial charge in [-0.2, -0.15) is 0 Å². The molecule has 0 unspecified atom stereocenters. The van der Waals surface area contributed by atoms with E-state index in [9.17, 15) is 4.79 Å². The predicted molar refractivity (Wildman–Crippen MR) is 148 cm³/mol. The molecule has 37 heavy (non-hydrogen) atoms. The number of rotatable bonds is 5. The molecule has 0 N–H and O–H groups in total. The van der Waals surface area contributed by atoms with Crippen molar-refractivity contribution in [3.05, 3.63) is 53.2 Å². The Morgan fingerprint density at radius 1 is 0.973 bits per heavy atom. The summed E-state index contributed by atoms with van der Waals surface area (Å²) in [4.78, 5) is 27.6. The lowest BCUT2D eigenvalue weighted by Gasteiger charge is -2.35. The van der Waals surface area contributed by atoms with Gasteiger partial charge < -0.3 is 14.5 Å². The molecule has 1 aliphatic heterocycles. The van der Waals surface area contributed by atoms with E-state index in [-0.39, 0.29) is 17.8 Å². The molecule has 4 heterocycles. The highest BCUT2D eigenvalue weighted by Gasteiger charge is 2.30. The molecule has 1 saturated heterocycles. The van der Waals surface area contributed by atoms with Crippen LogP contribution < -0.4 is 10.6 Å². The molecule has 8 nitrogen and oxygen atoms in total. The van der Waals surface area contributed by atoms with Crippen molar-refractivity contribution in [3.63, 3.8) is 0 Å².